The average molecular weight is 359 g/mol. The molecule has 1 unspecified atom stereocenters. The van der Waals surface area contributed by atoms with Crippen LogP contribution in [0.15, 0.2) is 33.6 Å². The van der Waals surface area contributed by atoms with E-state index in [1.165, 1.54) is 23.9 Å². The number of aliphatic hydroxyl groups is 1. The van der Waals surface area contributed by atoms with Gasteiger partial charge in [-0.05, 0) is 47.1 Å². The predicted molar refractivity (Wildman–Crippen MR) is 82.5 cm³/mol. The molecule has 0 spiro atoms. The van der Waals surface area contributed by atoms with Gasteiger partial charge in [-0.2, -0.15) is 5.10 Å². The number of aryl methyl sites for hydroxylation is 2. The largest absolute Gasteiger partial charge is 0.392 e. The third kappa shape index (κ3) is 3.84. The maximum atomic E-state index is 12.8. The van der Waals surface area contributed by atoms with Crippen molar-refractivity contribution in [2.45, 2.75) is 24.3 Å². The third-order valence-corrected chi connectivity index (χ3v) is 5.14. The van der Waals surface area contributed by atoms with Gasteiger partial charge < -0.3 is 5.11 Å². The molecule has 0 aliphatic carbocycles. The lowest BCUT2D eigenvalue weighted by molar-refractivity contribution is 0.197. The molecule has 1 atom stereocenters. The summed E-state index contributed by atoms with van der Waals surface area (Å²) in [6.07, 6.45) is 0.0581. The van der Waals surface area contributed by atoms with Gasteiger partial charge in [0.05, 0.1) is 22.0 Å². The minimum absolute atomic E-state index is 0.246. The van der Waals surface area contributed by atoms with E-state index in [2.05, 4.69) is 21.0 Å². The summed E-state index contributed by atoms with van der Waals surface area (Å²) in [7, 11) is 1.87. The smallest absolute Gasteiger partial charge is 0.123 e. The first kappa shape index (κ1) is 15.5. The average Bonchev–Trinajstić information content (AvgIpc) is 2.65. The van der Waals surface area contributed by atoms with Crippen molar-refractivity contribution >= 4 is 27.7 Å². The van der Waals surface area contributed by atoms with Crippen molar-refractivity contribution in [3.05, 3.63) is 45.9 Å². The molecule has 0 radical (unpaired) electrons. The Morgan fingerprint density at radius 1 is 1.40 bits per heavy atom. The number of aromatic nitrogens is 2. The van der Waals surface area contributed by atoms with Gasteiger partial charge in [0.15, 0.2) is 0 Å². The molecule has 0 aliphatic heterocycles. The van der Waals surface area contributed by atoms with Crippen LogP contribution in [0.25, 0.3) is 0 Å². The maximum absolute atomic E-state index is 12.8. The van der Waals surface area contributed by atoms with Crippen LogP contribution < -0.4 is 0 Å². The number of rotatable bonds is 5. The molecule has 0 saturated carbocycles. The van der Waals surface area contributed by atoms with Crippen molar-refractivity contribution in [2.24, 2.45) is 7.05 Å². The van der Waals surface area contributed by atoms with E-state index in [-0.39, 0.29) is 5.82 Å². The fourth-order valence-corrected chi connectivity index (χ4v) is 3.24. The molecule has 0 bridgehead atoms. The number of thioether (sulfide) groups is 1. The second-order valence-corrected chi connectivity index (χ2v) is 6.48. The second kappa shape index (κ2) is 6.74. The lowest BCUT2D eigenvalue weighted by Crippen LogP contribution is -2.16. The van der Waals surface area contributed by atoms with Crippen LogP contribution in [0.2, 0.25) is 0 Å². The van der Waals surface area contributed by atoms with Crippen molar-refractivity contribution in [3.63, 3.8) is 0 Å². The number of aliphatic hydroxyl groups excluding tert-OH is 1. The molecule has 2 aromatic rings. The SMILES string of the molecule is Cc1nn(C)c(CC(O)CSc2ccc(F)cc2)c1Br. The van der Waals surface area contributed by atoms with Gasteiger partial charge >= 0.3 is 0 Å². The van der Waals surface area contributed by atoms with Crippen molar-refractivity contribution in [1.82, 2.24) is 9.78 Å². The van der Waals surface area contributed by atoms with Crippen molar-refractivity contribution in [3.8, 4) is 0 Å². The van der Waals surface area contributed by atoms with Crippen LogP contribution >= 0.6 is 27.7 Å². The lowest BCUT2D eigenvalue weighted by Gasteiger charge is -2.11. The second-order valence-electron chi connectivity index (χ2n) is 4.59. The van der Waals surface area contributed by atoms with Crippen LogP contribution in [0.1, 0.15) is 11.4 Å². The predicted octanol–water partition coefficient (Wildman–Crippen LogP) is 3.33. The highest BCUT2D eigenvalue weighted by molar-refractivity contribution is 9.10. The number of halogens is 2. The topological polar surface area (TPSA) is 38.0 Å². The fourth-order valence-electron chi connectivity index (χ4n) is 1.91. The Hall–Kier alpha value is -0.850. The fraction of sp³-hybridized carbons (Fsp3) is 0.357. The molecule has 1 N–H and O–H groups in total. The quantitative estimate of drug-likeness (QED) is 0.833. The van der Waals surface area contributed by atoms with E-state index < -0.39 is 6.10 Å². The highest BCUT2D eigenvalue weighted by Crippen LogP contribution is 2.24. The zero-order valence-corrected chi connectivity index (χ0v) is 13.7. The summed E-state index contributed by atoms with van der Waals surface area (Å²) in [5.41, 5.74) is 1.90. The highest BCUT2D eigenvalue weighted by Gasteiger charge is 2.15. The molecule has 0 aliphatic rings. The van der Waals surface area contributed by atoms with Crippen molar-refractivity contribution < 1.29 is 9.50 Å². The third-order valence-electron chi connectivity index (χ3n) is 2.95. The van der Waals surface area contributed by atoms with Gasteiger partial charge in [-0.15, -0.1) is 11.8 Å². The Kier molecular flexibility index (Phi) is 5.23. The summed E-state index contributed by atoms with van der Waals surface area (Å²) in [5, 5.41) is 14.4. The minimum atomic E-state index is -0.476. The Bertz CT molecular complexity index is 586. The summed E-state index contributed by atoms with van der Waals surface area (Å²) >= 11 is 5.00. The maximum Gasteiger partial charge on any atom is 0.123 e. The molecule has 1 heterocycles. The number of benzene rings is 1. The first-order chi connectivity index (χ1) is 9.47. The van der Waals surface area contributed by atoms with Crippen molar-refractivity contribution in [1.29, 1.82) is 0 Å². The zero-order chi connectivity index (χ0) is 14.7. The van der Waals surface area contributed by atoms with Gasteiger partial charge in [0.25, 0.3) is 0 Å². The molecule has 3 nitrogen and oxygen atoms in total. The summed E-state index contributed by atoms with van der Waals surface area (Å²) in [4.78, 5) is 0.950. The van der Waals surface area contributed by atoms with Crippen LogP contribution in [0.3, 0.4) is 0 Å². The monoisotopic (exact) mass is 358 g/mol. The first-order valence-electron chi connectivity index (χ1n) is 6.21. The highest BCUT2D eigenvalue weighted by atomic mass is 79.9. The Balaban J connectivity index is 1.92. The summed E-state index contributed by atoms with van der Waals surface area (Å²) < 4.78 is 15.5. The van der Waals surface area contributed by atoms with Gasteiger partial charge in [0, 0.05) is 24.1 Å². The normalized spacial score (nSPS) is 12.7. The van der Waals surface area contributed by atoms with E-state index in [1.807, 2.05) is 14.0 Å². The molecule has 0 fully saturated rings. The molecule has 108 valence electrons. The number of nitrogens with zero attached hydrogens (tertiary/aromatic N) is 2. The van der Waals surface area contributed by atoms with E-state index in [9.17, 15) is 9.50 Å². The molecule has 1 aromatic carbocycles. The summed E-state index contributed by atoms with van der Waals surface area (Å²) in [6, 6.07) is 6.29. The summed E-state index contributed by atoms with van der Waals surface area (Å²) in [6.45, 7) is 1.92. The van der Waals surface area contributed by atoms with E-state index >= 15 is 0 Å². The van der Waals surface area contributed by atoms with Crippen LogP contribution in [0, 0.1) is 12.7 Å². The van der Waals surface area contributed by atoms with Gasteiger partial charge in [-0.3, -0.25) is 4.68 Å². The molecule has 2 rings (SSSR count). The molecule has 0 amide bonds. The zero-order valence-electron chi connectivity index (χ0n) is 11.3. The molecular weight excluding hydrogens is 343 g/mol. The van der Waals surface area contributed by atoms with Gasteiger partial charge in [0.1, 0.15) is 5.82 Å². The van der Waals surface area contributed by atoms with Gasteiger partial charge in [0.2, 0.25) is 0 Å². The van der Waals surface area contributed by atoms with Gasteiger partial charge in [-0.1, -0.05) is 0 Å². The van der Waals surface area contributed by atoms with E-state index in [0.717, 1.165) is 20.8 Å². The van der Waals surface area contributed by atoms with Crippen molar-refractivity contribution in [2.75, 3.05) is 5.75 Å². The number of hydrogen-bond donors (Lipinski definition) is 1. The van der Waals surface area contributed by atoms with Crippen LogP contribution in [0.4, 0.5) is 4.39 Å². The Labute approximate surface area is 130 Å². The van der Waals surface area contributed by atoms with Crippen LogP contribution in [0.5, 0.6) is 0 Å². The van der Waals surface area contributed by atoms with E-state index in [4.69, 9.17) is 0 Å². The molecular formula is C14H16BrFN2OS. The Morgan fingerprint density at radius 3 is 2.60 bits per heavy atom. The standard InChI is InChI=1S/C14H16BrFN2OS/c1-9-14(15)13(18(2)17-9)7-11(19)8-20-12-5-3-10(16)4-6-12/h3-6,11,19H,7-8H2,1-2H3. The van der Waals surface area contributed by atoms with E-state index in [0.29, 0.717) is 12.2 Å². The number of hydrogen-bond acceptors (Lipinski definition) is 3. The molecule has 0 saturated heterocycles. The van der Waals surface area contributed by atoms with Gasteiger partial charge in [-0.25, -0.2) is 4.39 Å². The van der Waals surface area contributed by atoms with E-state index in [1.54, 1.807) is 16.8 Å². The first-order valence-corrected chi connectivity index (χ1v) is 7.99. The molecule has 6 heteroatoms. The molecule has 20 heavy (non-hydrogen) atoms. The Morgan fingerprint density at radius 2 is 2.05 bits per heavy atom. The lowest BCUT2D eigenvalue weighted by atomic mass is 10.2. The molecule has 1 aromatic heterocycles. The minimum Gasteiger partial charge on any atom is -0.392 e. The van der Waals surface area contributed by atoms with Crippen LogP contribution in [-0.2, 0) is 13.5 Å². The van der Waals surface area contributed by atoms with Crippen LogP contribution in [-0.4, -0.2) is 26.7 Å². The summed E-state index contributed by atoms with van der Waals surface area (Å²) in [5.74, 6) is 0.312.